The summed E-state index contributed by atoms with van der Waals surface area (Å²) in [6, 6.07) is 7.96. The van der Waals surface area contributed by atoms with Gasteiger partial charge in [-0.1, -0.05) is 18.2 Å². The van der Waals surface area contributed by atoms with E-state index >= 15 is 0 Å². The lowest BCUT2D eigenvalue weighted by Gasteiger charge is -2.22. The van der Waals surface area contributed by atoms with Crippen LogP contribution in [0, 0.1) is 0 Å². The lowest BCUT2D eigenvalue weighted by Crippen LogP contribution is -2.44. The van der Waals surface area contributed by atoms with Gasteiger partial charge in [-0.25, -0.2) is 8.93 Å². The van der Waals surface area contributed by atoms with E-state index in [1.807, 2.05) is 37.4 Å². The van der Waals surface area contributed by atoms with Crippen molar-refractivity contribution in [2.75, 3.05) is 0 Å². The van der Waals surface area contributed by atoms with Gasteiger partial charge in [-0.15, -0.1) is 0 Å². The van der Waals surface area contributed by atoms with E-state index in [0.29, 0.717) is 0 Å². The van der Waals surface area contributed by atoms with Gasteiger partial charge in [-0.2, -0.15) is 0 Å². The van der Waals surface area contributed by atoms with Crippen LogP contribution in [0.3, 0.4) is 0 Å². The first kappa shape index (κ1) is 14.1. The van der Waals surface area contributed by atoms with Crippen molar-refractivity contribution >= 4 is 21.8 Å². The van der Waals surface area contributed by atoms with Gasteiger partial charge in [-0.05, 0) is 37.8 Å². The molecule has 1 aromatic carbocycles. The second-order valence-electron chi connectivity index (χ2n) is 5.16. The lowest BCUT2D eigenvalue weighted by molar-refractivity contribution is 0.608. The largest absolute Gasteiger partial charge is 0.314 e. The van der Waals surface area contributed by atoms with Crippen LogP contribution >= 0.6 is 0 Å². The first-order chi connectivity index (χ1) is 8.89. The van der Waals surface area contributed by atoms with E-state index in [0.717, 1.165) is 16.3 Å². The number of nitrogens with one attached hydrogen (secondary N) is 1. The Morgan fingerprint density at radius 3 is 2.79 bits per heavy atom. The van der Waals surface area contributed by atoms with Gasteiger partial charge in [0.15, 0.2) is 0 Å². The van der Waals surface area contributed by atoms with Gasteiger partial charge < -0.3 is 5.73 Å². The molecule has 0 radical (unpaired) electrons. The Morgan fingerprint density at radius 1 is 1.37 bits per heavy atom. The van der Waals surface area contributed by atoms with Crippen LogP contribution in [0.2, 0.25) is 0 Å². The van der Waals surface area contributed by atoms with Crippen molar-refractivity contribution in [3.8, 4) is 0 Å². The molecule has 2 atom stereocenters. The SMILES string of the molecule is C[C@H](N[S@](=O)C(C)(C)N)c1cccc2ccncc12. The average Bonchev–Trinajstić information content (AvgIpc) is 2.36. The molecule has 19 heavy (non-hydrogen) atoms. The molecule has 0 unspecified atom stereocenters. The number of fused-ring (bicyclic) bond motifs is 1. The highest BCUT2D eigenvalue weighted by molar-refractivity contribution is 7.84. The summed E-state index contributed by atoms with van der Waals surface area (Å²) in [4.78, 5) is 3.39. The molecule has 0 saturated heterocycles. The van der Waals surface area contributed by atoms with E-state index in [1.165, 1.54) is 0 Å². The van der Waals surface area contributed by atoms with Crippen molar-refractivity contribution in [2.24, 2.45) is 5.73 Å². The fraction of sp³-hybridized carbons (Fsp3) is 0.357. The van der Waals surface area contributed by atoms with Crippen LogP contribution in [0.4, 0.5) is 0 Å². The summed E-state index contributed by atoms with van der Waals surface area (Å²) in [5.41, 5.74) is 6.92. The molecule has 1 aromatic heterocycles. The minimum atomic E-state index is -1.30. The molecule has 0 aliphatic rings. The molecule has 0 spiro atoms. The molecule has 5 heteroatoms. The number of nitrogens with two attached hydrogens (primary N) is 1. The summed E-state index contributed by atoms with van der Waals surface area (Å²) >= 11 is 0. The Bertz CT molecular complexity index is 602. The summed E-state index contributed by atoms with van der Waals surface area (Å²) < 4.78 is 15.1. The predicted molar refractivity (Wildman–Crippen MR) is 79.7 cm³/mol. The quantitative estimate of drug-likeness (QED) is 0.900. The molecule has 4 nitrogen and oxygen atoms in total. The number of benzene rings is 1. The molecular weight excluding hydrogens is 258 g/mol. The summed E-state index contributed by atoms with van der Waals surface area (Å²) in [5.74, 6) is 0. The molecule has 102 valence electrons. The first-order valence-electron chi connectivity index (χ1n) is 6.19. The van der Waals surface area contributed by atoms with Crippen molar-refractivity contribution in [3.05, 3.63) is 42.2 Å². The third-order valence-corrected chi connectivity index (χ3v) is 4.47. The van der Waals surface area contributed by atoms with Crippen LogP contribution < -0.4 is 10.5 Å². The summed E-state index contributed by atoms with van der Waals surface area (Å²) in [5, 5.41) is 2.19. The van der Waals surface area contributed by atoms with Crippen molar-refractivity contribution in [2.45, 2.75) is 31.7 Å². The Balaban J connectivity index is 2.32. The highest BCUT2D eigenvalue weighted by Crippen LogP contribution is 2.24. The molecule has 0 bridgehead atoms. The number of nitrogens with zero attached hydrogens (tertiary/aromatic N) is 1. The van der Waals surface area contributed by atoms with Crippen molar-refractivity contribution in [1.29, 1.82) is 0 Å². The van der Waals surface area contributed by atoms with Gasteiger partial charge in [0, 0.05) is 23.8 Å². The van der Waals surface area contributed by atoms with Gasteiger partial charge in [0.05, 0.1) is 0 Å². The number of hydrogen-bond acceptors (Lipinski definition) is 3. The maximum absolute atomic E-state index is 12.0. The van der Waals surface area contributed by atoms with Crippen LogP contribution in [0.5, 0.6) is 0 Å². The highest BCUT2D eigenvalue weighted by atomic mass is 32.2. The van der Waals surface area contributed by atoms with Gasteiger partial charge in [0.1, 0.15) is 15.9 Å². The van der Waals surface area contributed by atoms with E-state index in [-0.39, 0.29) is 6.04 Å². The fourth-order valence-corrected chi connectivity index (χ4v) is 2.64. The Hall–Kier alpha value is -1.30. The maximum atomic E-state index is 12.0. The van der Waals surface area contributed by atoms with Gasteiger partial charge in [-0.3, -0.25) is 4.98 Å². The van der Waals surface area contributed by atoms with E-state index in [2.05, 4.69) is 9.71 Å². The smallest absolute Gasteiger partial charge is 0.112 e. The molecular formula is C14H19N3OS. The van der Waals surface area contributed by atoms with E-state index in [4.69, 9.17) is 5.73 Å². The van der Waals surface area contributed by atoms with Crippen LogP contribution in [-0.4, -0.2) is 14.1 Å². The third kappa shape index (κ3) is 3.18. The van der Waals surface area contributed by atoms with E-state index in [1.54, 1.807) is 20.0 Å². The zero-order valence-electron chi connectivity index (χ0n) is 11.4. The van der Waals surface area contributed by atoms with Crippen LogP contribution in [0.1, 0.15) is 32.4 Å². The number of rotatable bonds is 4. The van der Waals surface area contributed by atoms with Gasteiger partial charge in [0.25, 0.3) is 0 Å². The van der Waals surface area contributed by atoms with Crippen LogP contribution in [0.25, 0.3) is 10.8 Å². The number of aromatic nitrogens is 1. The Morgan fingerprint density at radius 2 is 2.11 bits per heavy atom. The second kappa shape index (κ2) is 5.36. The normalized spacial score (nSPS) is 15.4. The average molecular weight is 277 g/mol. The Kier molecular flexibility index (Phi) is 3.99. The molecule has 2 aromatic rings. The second-order valence-corrected chi connectivity index (χ2v) is 6.98. The molecule has 0 fully saturated rings. The topological polar surface area (TPSA) is 68.0 Å². The molecule has 0 aliphatic heterocycles. The van der Waals surface area contributed by atoms with E-state index < -0.39 is 15.9 Å². The van der Waals surface area contributed by atoms with Crippen molar-refractivity contribution in [1.82, 2.24) is 9.71 Å². The third-order valence-electron chi connectivity index (χ3n) is 2.95. The number of pyridine rings is 1. The summed E-state index contributed by atoms with van der Waals surface area (Å²) in [7, 11) is -1.30. The monoisotopic (exact) mass is 277 g/mol. The maximum Gasteiger partial charge on any atom is 0.112 e. The fourth-order valence-electron chi connectivity index (χ4n) is 1.89. The lowest BCUT2D eigenvalue weighted by atomic mass is 10.0. The molecule has 3 N–H and O–H groups in total. The Labute approximate surface area is 116 Å². The number of hydrogen-bond donors (Lipinski definition) is 2. The minimum absolute atomic E-state index is 0.0587. The zero-order chi connectivity index (χ0) is 14.0. The van der Waals surface area contributed by atoms with Gasteiger partial charge >= 0.3 is 0 Å². The minimum Gasteiger partial charge on any atom is -0.314 e. The first-order valence-corrected chi connectivity index (χ1v) is 7.34. The summed E-state index contributed by atoms with van der Waals surface area (Å²) in [6.45, 7) is 5.46. The molecule has 0 amide bonds. The predicted octanol–water partition coefficient (Wildman–Crippen LogP) is 2.24. The molecule has 1 heterocycles. The molecule has 0 aliphatic carbocycles. The standard InChI is InChI=1S/C14H19N3OS/c1-10(17-19(18)14(2,3)15)12-6-4-5-11-7-8-16-9-13(11)12/h4-10,17H,15H2,1-3H3/t10-,19+/m0/s1. The summed E-state index contributed by atoms with van der Waals surface area (Å²) in [6.07, 6.45) is 3.60. The highest BCUT2D eigenvalue weighted by Gasteiger charge is 2.22. The van der Waals surface area contributed by atoms with Crippen LogP contribution in [-0.2, 0) is 11.0 Å². The van der Waals surface area contributed by atoms with Crippen LogP contribution in [0.15, 0.2) is 36.7 Å². The van der Waals surface area contributed by atoms with Crippen molar-refractivity contribution in [3.63, 3.8) is 0 Å². The van der Waals surface area contributed by atoms with Crippen molar-refractivity contribution < 1.29 is 4.21 Å². The molecule has 0 saturated carbocycles. The van der Waals surface area contributed by atoms with Gasteiger partial charge in [0.2, 0.25) is 0 Å². The molecule has 2 rings (SSSR count). The van der Waals surface area contributed by atoms with E-state index in [9.17, 15) is 4.21 Å². The zero-order valence-corrected chi connectivity index (χ0v) is 12.2.